The van der Waals surface area contributed by atoms with Gasteiger partial charge in [-0.1, -0.05) is 12.8 Å². The Morgan fingerprint density at radius 2 is 1.83 bits per heavy atom. The lowest BCUT2D eigenvalue weighted by Crippen LogP contribution is -2.43. The molecule has 0 radical (unpaired) electrons. The molecule has 1 aromatic carbocycles. The average Bonchev–Trinajstić information content (AvgIpc) is 3.24. The van der Waals surface area contributed by atoms with Gasteiger partial charge in [0.2, 0.25) is 0 Å². The van der Waals surface area contributed by atoms with Gasteiger partial charge in [-0.25, -0.2) is 4.79 Å². The first-order valence-corrected chi connectivity index (χ1v) is 8.82. The van der Waals surface area contributed by atoms with Gasteiger partial charge in [-0.3, -0.25) is 4.79 Å². The molecular weight excluding hydrogens is 306 g/mol. The number of carbonyl (C=O) groups excluding carboxylic acids is 1. The van der Waals surface area contributed by atoms with E-state index in [0.717, 1.165) is 50.7 Å². The number of carbonyl (C=O) groups is 2. The van der Waals surface area contributed by atoms with E-state index in [9.17, 15) is 14.7 Å². The SMILES string of the molecule is Cc1cc(C(=O)O)cc(C(=O)N(CC2CCCO2)C2CCCC2)c1. The molecule has 0 spiro atoms. The maximum Gasteiger partial charge on any atom is 0.335 e. The summed E-state index contributed by atoms with van der Waals surface area (Å²) in [6.07, 6.45) is 6.49. The minimum atomic E-state index is -1.00. The Hall–Kier alpha value is -1.88. The van der Waals surface area contributed by atoms with Crippen molar-refractivity contribution in [3.8, 4) is 0 Å². The van der Waals surface area contributed by atoms with Crippen LogP contribution in [-0.2, 0) is 4.74 Å². The molecule has 24 heavy (non-hydrogen) atoms. The molecule has 1 heterocycles. The largest absolute Gasteiger partial charge is 0.478 e. The molecule has 2 aliphatic rings. The van der Waals surface area contributed by atoms with Crippen LogP contribution in [0.3, 0.4) is 0 Å². The molecule has 2 fully saturated rings. The molecule has 1 aliphatic heterocycles. The first-order chi connectivity index (χ1) is 11.5. The van der Waals surface area contributed by atoms with Gasteiger partial charge in [0.25, 0.3) is 5.91 Å². The molecule has 1 aliphatic carbocycles. The number of hydrogen-bond acceptors (Lipinski definition) is 3. The van der Waals surface area contributed by atoms with E-state index in [2.05, 4.69) is 0 Å². The third-order valence-corrected chi connectivity index (χ3v) is 5.02. The Labute approximate surface area is 142 Å². The average molecular weight is 331 g/mol. The van der Waals surface area contributed by atoms with Crippen molar-refractivity contribution < 1.29 is 19.4 Å². The number of hydrogen-bond donors (Lipinski definition) is 1. The quantitative estimate of drug-likeness (QED) is 0.899. The van der Waals surface area contributed by atoms with E-state index >= 15 is 0 Å². The number of carboxylic acid groups (broad SMARTS) is 1. The summed E-state index contributed by atoms with van der Waals surface area (Å²) in [6, 6.07) is 5.12. The van der Waals surface area contributed by atoms with Crippen LogP contribution < -0.4 is 0 Å². The lowest BCUT2D eigenvalue weighted by atomic mass is 10.0. The van der Waals surface area contributed by atoms with Crippen LogP contribution in [0.15, 0.2) is 18.2 Å². The fourth-order valence-corrected chi connectivity index (χ4v) is 3.82. The van der Waals surface area contributed by atoms with E-state index in [1.807, 2.05) is 11.8 Å². The molecule has 1 N–H and O–H groups in total. The Morgan fingerprint density at radius 1 is 1.12 bits per heavy atom. The molecular formula is C19H25NO4. The van der Waals surface area contributed by atoms with Gasteiger partial charge in [0.05, 0.1) is 11.7 Å². The highest BCUT2D eigenvalue weighted by Crippen LogP contribution is 2.27. The van der Waals surface area contributed by atoms with Gasteiger partial charge in [0.15, 0.2) is 0 Å². The minimum Gasteiger partial charge on any atom is -0.478 e. The van der Waals surface area contributed by atoms with E-state index in [1.165, 1.54) is 6.07 Å². The zero-order chi connectivity index (χ0) is 17.1. The zero-order valence-electron chi connectivity index (χ0n) is 14.2. The highest BCUT2D eigenvalue weighted by Gasteiger charge is 2.31. The van der Waals surface area contributed by atoms with E-state index in [4.69, 9.17) is 4.74 Å². The van der Waals surface area contributed by atoms with Crippen LogP contribution in [0.2, 0.25) is 0 Å². The van der Waals surface area contributed by atoms with Crippen molar-refractivity contribution in [1.82, 2.24) is 4.90 Å². The number of aromatic carboxylic acids is 1. The molecule has 3 rings (SSSR count). The Morgan fingerprint density at radius 3 is 2.46 bits per heavy atom. The molecule has 1 saturated carbocycles. The summed E-state index contributed by atoms with van der Waals surface area (Å²) in [7, 11) is 0. The lowest BCUT2D eigenvalue weighted by molar-refractivity contribution is 0.0420. The first-order valence-electron chi connectivity index (χ1n) is 8.82. The molecule has 130 valence electrons. The van der Waals surface area contributed by atoms with Crippen LogP contribution in [0.1, 0.15) is 64.8 Å². The van der Waals surface area contributed by atoms with Crippen LogP contribution in [0.5, 0.6) is 0 Å². The Balaban J connectivity index is 1.85. The number of rotatable bonds is 5. The summed E-state index contributed by atoms with van der Waals surface area (Å²) in [5, 5.41) is 9.25. The monoisotopic (exact) mass is 331 g/mol. The topological polar surface area (TPSA) is 66.8 Å². The molecule has 0 bridgehead atoms. The van der Waals surface area contributed by atoms with E-state index in [1.54, 1.807) is 12.1 Å². The molecule has 0 aromatic heterocycles. The molecule has 1 saturated heterocycles. The lowest BCUT2D eigenvalue weighted by Gasteiger charge is -2.31. The number of ether oxygens (including phenoxy) is 1. The van der Waals surface area contributed by atoms with Crippen LogP contribution in [-0.4, -0.2) is 47.2 Å². The van der Waals surface area contributed by atoms with Crippen molar-refractivity contribution in [2.75, 3.05) is 13.2 Å². The second-order valence-electron chi connectivity index (χ2n) is 6.92. The number of benzene rings is 1. The smallest absolute Gasteiger partial charge is 0.335 e. The predicted molar refractivity (Wildman–Crippen MR) is 90.4 cm³/mol. The van der Waals surface area contributed by atoms with Crippen molar-refractivity contribution in [2.45, 2.75) is 57.6 Å². The van der Waals surface area contributed by atoms with Gasteiger partial charge in [-0.15, -0.1) is 0 Å². The third-order valence-electron chi connectivity index (χ3n) is 5.02. The summed E-state index contributed by atoms with van der Waals surface area (Å²) in [5.74, 6) is -1.07. The van der Waals surface area contributed by atoms with E-state index in [0.29, 0.717) is 12.1 Å². The molecule has 5 nitrogen and oxygen atoms in total. The molecule has 1 atom stereocenters. The Bertz CT molecular complexity index is 616. The highest BCUT2D eigenvalue weighted by molar-refractivity contribution is 5.98. The third kappa shape index (κ3) is 3.78. The number of nitrogens with zero attached hydrogens (tertiary/aromatic N) is 1. The summed E-state index contributed by atoms with van der Waals surface area (Å²) < 4.78 is 5.73. The van der Waals surface area contributed by atoms with Gasteiger partial charge in [0.1, 0.15) is 0 Å². The van der Waals surface area contributed by atoms with Gasteiger partial charge in [-0.2, -0.15) is 0 Å². The predicted octanol–water partition coefficient (Wildman–Crippen LogP) is 3.26. The van der Waals surface area contributed by atoms with Gasteiger partial charge >= 0.3 is 5.97 Å². The van der Waals surface area contributed by atoms with Crippen molar-refractivity contribution in [2.24, 2.45) is 0 Å². The van der Waals surface area contributed by atoms with Crippen LogP contribution >= 0.6 is 0 Å². The summed E-state index contributed by atoms with van der Waals surface area (Å²) in [4.78, 5) is 26.3. The second kappa shape index (κ2) is 7.34. The number of aryl methyl sites for hydroxylation is 1. The maximum absolute atomic E-state index is 13.1. The summed E-state index contributed by atoms with van der Waals surface area (Å²) in [5.41, 5.74) is 1.43. The van der Waals surface area contributed by atoms with Crippen LogP contribution in [0, 0.1) is 6.92 Å². The maximum atomic E-state index is 13.1. The van der Waals surface area contributed by atoms with Crippen molar-refractivity contribution in [3.63, 3.8) is 0 Å². The van der Waals surface area contributed by atoms with E-state index in [-0.39, 0.29) is 23.6 Å². The van der Waals surface area contributed by atoms with Gasteiger partial charge in [0, 0.05) is 24.8 Å². The summed E-state index contributed by atoms with van der Waals surface area (Å²) in [6.45, 7) is 3.20. The van der Waals surface area contributed by atoms with Crippen LogP contribution in [0.4, 0.5) is 0 Å². The minimum absolute atomic E-state index is 0.0661. The number of amides is 1. The fraction of sp³-hybridized carbons (Fsp3) is 0.579. The van der Waals surface area contributed by atoms with Gasteiger partial charge in [-0.05, 0) is 56.4 Å². The zero-order valence-corrected chi connectivity index (χ0v) is 14.2. The van der Waals surface area contributed by atoms with Crippen molar-refractivity contribution in [3.05, 3.63) is 34.9 Å². The molecule has 1 aromatic rings. The first kappa shape index (κ1) is 17.0. The van der Waals surface area contributed by atoms with Crippen LogP contribution in [0.25, 0.3) is 0 Å². The van der Waals surface area contributed by atoms with Gasteiger partial charge < -0.3 is 14.7 Å². The normalized spacial score (nSPS) is 21.1. The molecule has 1 amide bonds. The number of carboxylic acids is 1. The standard InChI is InChI=1S/C19H25NO4/c1-13-9-14(11-15(10-13)19(22)23)18(21)20(16-5-2-3-6-16)12-17-7-4-8-24-17/h9-11,16-17H,2-8,12H2,1H3,(H,22,23). The molecule has 5 heteroatoms. The van der Waals surface area contributed by atoms with Crippen molar-refractivity contribution >= 4 is 11.9 Å². The summed E-state index contributed by atoms with van der Waals surface area (Å²) >= 11 is 0. The Kier molecular flexibility index (Phi) is 5.19. The van der Waals surface area contributed by atoms with E-state index < -0.39 is 5.97 Å². The second-order valence-corrected chi connectivity index (χ2v) is 6.92. The molecule has 1 unspecified atom stereocenters. The fourth-order valence-electron chi connectivity index (χ4n) is 3.82. The van der Waals surface area contributed by atoms with Crippen molar-refractivity contribution in [1.29, 1.82) is 0 Å². The highest BCUT2D eigenvalue weighted by atomic mass is 16.5.